The van der Waals surface area contributed by atoms with E-state index in [1.165, 1.54) is 25.7 Å². The van der Waals surface area contributed by atoms with Gasteiger partial charge in [0.15, 0.2) is 0 Å². The topological polar surface area (TPSA) is 59.6 Å². The largest absolute Gasteiger partial charge is 0.496 e. The number of hydrogen-bond acceptors (Lipinski definition) is 3. The molecule has 0 spiro atoms. The molecule has 0 aliphatic heterocycles. The Bertz CT molecular complexity index is 411. The molecule has 1 saturated carbocycles. The van der Waals surface area contributed by atoms with Gasteiger partial charge in [0.1, 0.15) is 11.6 Å². The fourth-order valence-corrected chi connectivity index (χ4v) is 2.42. The lowest BCUT2D eigenvalue weighted by Gasteiger charge is -2.12. The zero-order valence-electron chi connectivity index (χ0n) is 10.9. The zero-order chi connectivity index (χ0) is 12.8. The number of nitrogens with two attached hydrogens (primary N) is 1. The number of amidine groups is 1. The molecule has 18 heavy (non-hydrogen) atoms. The summed E-state index contributed by atoms with van der Waals surface area (Å²) in [6.45, 7) is 0. The van der Waals surface area contributed by atoms with Crippen LogP contribution in [0.1, 0.15) is 31.2 Å². The van der Waals surface area contributed by atoms with Crippen LogP contribution in [0, 0.1) is 0 Å². The minimum absolute atomic E-state index is 0.436. The van der Waals surface area contributed by atoms with E-state index in [1.54, 1.807) is 7.11 Å². The second-order valence-electron chi connectivity index (χ2n) is 4.65. The minimum atomic E-state index is 0.436. The summed E-state index contributed by atoms with van der Waals surface area (Å²) in [5.41, 5.74) is 3.83. The maximum absolute atomic E-state index is 5.57. The third kappa shape index (κ3) is 3.23. The van der Waals surface area contributed by atoms with E-state index in [4.69, 9.17) is 10.6 Å². The average molecular weight is 247 g/mol. The van der Waals surface area contributed by atoms with Crippen molar-refractivity contribution >= 4 is 5.84 Å². The number of hydrazine groups is 1. The molecule has 1 fully saturated rings. The quantitative estimate of drug-likeness (QED) is 0.370. The van der Waals surface area contributed by atoms with Gasteiger partial charge in [-0.15, -0.1) is 0 Å². The fourth-order valence-electron chi connectivity index (χ4n) is 2.42. The number of para-hydroxylation sites is 1. The van der Waals surface area contributed by atoms with Crippen LogP contribution >= 0.6 is 0 Å². The Morgan fingerprint density at radius 3 is 2.78 bits per heavy atom. The minimum Gasteiger partial charge on any atom is -0.496 e. The van der Waals surface area contributed by atoms with Crippen molar-refractivity contribution in [2.45, 2.75) is 38.1 Å². The lowest BCUT2D eigenvalue weighted by atomic mass is 10.1. The van der Waals surface area contributed by atoms with Crippen LogP contribution in [0.25, 0.3) is 0 Å². The molecule has 0 bridgehead atoms. The van der Waals surface area contributed by atoms with Crippen molar-refractivity contribution in [3.05, 3.63) is 29.8 Å². The molecule has 0 atom stereocenters. The normalized spacial score (nSPS) is 16.9. The number of nitrogens with zero attached hydrogens (tertiary/aromatic N) is 1. The summed E-state index contributed by atoms with van der Waals surface area (Å²) in [5, 5.41) is 0. The lowest BCUT2D eigenvalue weighted by molar-refractivity contribution is 0.411. The summed E-state index contributed by atoms with van der Waals surface area (Å²) < 4.78 is 5.34. The number of benzene rings is 1. The average Bonchev–Trinajstić information content (AvgIpc) is 2.91. The van der Waals surface area contributed by atoms with Crippen LogP contribution in [0.5, 0.6) is 5.75 Å². The Kier molecular flexibility index (Phi) is 4.59. The van der Waals surface area contributed by atoms with E-state index in [0.717, 1.165) is 17.1 Å². The monoisotopic (exact) mass is 247 g/mol. The smallest absolute Gasteiger partial charge is 0.122 e. The van der Waals surface area contributed by atoms with Gasteiger partial charge >= 0.3 is 0 Å². The van der Waals surface area contributed by atoms with Gasteiger partial charge in [-0.2, -0.15) is 0 Å². The summed E-state index contributed by atoms with van der Waals surface area (Å²) in [6.07, 6.45) is 5.60. The van der Waals surface area contributed by atoms with Gasteiger partial charge in [-0.05, 0) is 18.9 Å². The number of ether oxygens (including phenoxy) is 1. The highest BCUT2D eigenvalue weighted by molar-refractivity contribution is 5.84. The van der Waals surface area contributed by atoms with Crippen LogP contribution in [-0.4, -0.2) is 19.0 Å². The zero-order valence-corrected chi connectivity index (χ0v) is 10.9. The summed E-state index contributed by atoms with van der Waals surface area (Å²) >= 11 is 0. The second kappa shape index (κ2) is 6.40. The molecule has 1 aromatic rings. The predicted molar refractivity (Wildman–Crippen MR) is 73.7 cm³/mol. The van der Waals surface area contributed by atoms with Gasteiger partial charge in [0.25, 0.3) is 0 Å². The van der Waals surface area contributed by atoms with E-state index in [0.29, 0.717) is 12.5 Å². The molecule has 0 unspecified atom stereocenters. The second-order valence-corrected chi connectivity index (χ2v) is 4.65. The molecular formula is C14H21N3O. The highest BCUT2D eigenvalue weighted by atomic mass is 16.5. The van der Waals surface area contributed by atoms with Crippen LogP contribution in [-0.2, 0) is 6.42 Å². The van der Waals surface area contributed by atoms with Crippen LogP contribution in [0.2, 0.25) is 0 Å². The molecule has 98 valence electrons. The maximum Gasteiger partial charge on any atom is 0.122 e. The SMILES string of the molecule is COc1ccccc1CC(=NC1CCCC1)NN. The predicted octanol–water partition coefficient (Wildman–Crippen LogP) is 2.04. The van der Waals surface area contributed by atoms with E-state index in [9.17, 15) is 0 Å². The first-order valence-corrected chi connectivity index (χ1v) is 6.48. The first-order valence-electron chi connectivity index (χ1n) is 6.48. The Morgan fingerprint density at radius 2 is 2.11 bits per heavy atom. The molecule has 0 saturated heterocycles. The first-order chi connectivity index (χ1) is 8.83. The Labute approximate surface area is 108 Å². The van der Waals surface area contributed by atoms with Gasteiger partial charge in [-0.25, -0.2) is 5.84 Å². The molecule has 3 N–H and O–H groups in total. The number of hydrogen-bond donors (Lipinski definition) is 2. The Balaban J connectivity index is 2.09. The van der Waals surface area contributed by atoms with E-state index in [2.05, 4.69) is 10.4 Å². The van der Waals surface area contributed by atoms with Crippen LogP contribution in [0.4, 0.5) is 0 Å². The molecule has 1 aliphatic carbocycles. The third-order valence-electron chi connectivity index (χ3n) is 3.38. The highest BCUT2D eigenvalue weighted by Crippen LogP contribution is 2.22. The molecule has 2 rings (SSSR count). The molecule has 0 aromatic heterocycles. The molecule has 4 heteroatoms. The molecule has 0 heterocycles. The van der Waals surface area contributed by atoms with Gasteiger partial charge in [-0.3, -0.25) is 4.99 Å². The molecule has 1 aromatic carbocycles. The molecule has 1 aliphatic rings. The summed E-state index contributed by atoms with van der Waals surface area (Å²) in [5.74, 6) is 7.29. The Hall–Kier alpha value is -1.55. The van der Waals surface area contributed by atoms with Gasteiger partial charge < -0.3 is 10.2 Å². The van der Waals surface area contributed by atoms with Crippen molar-refractivity contribution in [2.75, 3.05) is 7.11 Å². The van der Waals surface area contributed by atoms with Gasteiger partial charge in [0.05, 0.1) is 13.2 Å². The van der Waals surface area contributed by atoms with Crippen molar-refractivity contribution in [3.8, 4) is 5.75 Å². The van der Waals surface area contributed by atoms with Crippen LogP contribution in [0.15, 0.2) is 29.3 Å². The van der Waals surface area contributed by atoms with Gasteiger partial charge in [0, 0.05) is 12.0 Å². The lowest BCUT2D eigenvalue weighted by Crippen LogP contribution is -2.33. The number of methoxy groups -OCH3 is 1. The van der Waals surface area contributed by atoms with Crippen LogP contribution in [0.3, 0.4) is 0 Å². The van der Waals surface area contributed by atoms with Crippen LogP contribution < -0.4 is 16.0 Å². The Morgan fingerprint density at radius 1 is 1.39 bits per heavy atom. The standard InChI is InChI=1S/C14H21N3O/c1-18-13-9-5-2-6-11(13)10-14(17-15)16-12-7-3-4-8-12/h2,5-6,9,12H,3-4,7-8,10,15H2,1H3,(H,16,17). The summed E-state index contributed by atoms with van der Waals surface area (Å²) in [4.78, 5) is 4.69. The van der Waals surface area contributed by atoms with E-state index >= 15 is 0 Å². The van der Waals surface area contributed by atoms with Crippen molar-refractivity contribution < 1.29 is 4.74 Å². The number of rotatable bonds is 4. The van der Waals surface area contributed by atoms with Crippen molar-refractivity contribution in [2.24, 2.45) is 10.8 Å². The highest BCUT2D eigenvalue weighted by Gasteiger charge is 2.15. The summed E-state index contributed by atoms with van der Waals surface area (Å²) in [6, 6.07) is 8.40. The molecule has 0 amide bonds. The fraction of sp³-hybridized carbons (Fsp3) is 0.500. The van der Waals surface area contributed by atoms with E-state index < -0.39 is 0 Å². The van der Waals surface area contributed by atoms with E-state index in [-0.39, 0.29) is 0 Å². The summed E-state index contributed by atoms with van der Waals surface area (Å²) in [7, 11) is 1.68. The first kappa shape index (κ1) is 12.9. The van der Waals surface area contributed by atoms with E-state index in [1.807, 2.05) is 24.3 Å². The third-order valence-corrected chi connectivity index (χ3v) is 3.38. The number of aliphatic imine (C=N–C) groups is 1. The molecular weight excluding hydrogens is 226 g/mol. The van der Waals surface area contributed by atoms with Gasteiger partial charge in [-0.1, -0.05) is 31.0 Å². The maximum atomic E-state index is 5.57. The van der Waals surface area contributed by atoms with Crippen molar-refractivity contribution in [3.63, 3.8) is 0 Å². The number of nitrogens with one attached hydrogen (secondary N) is 1. The van der Waals surface area contributed by atoms with Gasteiger partial charge in [0.2, 0.25) is 0 Å². The molecule has 0 radical (unpaired) electrons. The van der Waals surface area contributed by atoms with Crippen molar-refractivity contribution in [1.29, 1.82) is 0 Å². The molecule has 4 nitrogen and oxygen atoms in total. The van der Waals surface area contributed by atoms with Crippen molar-refractivity contribution in [1.82, 2.24) is 5.43 Å².